The predicted molar refractivity (Wildman–Crippen MR) is 84.6 cm³/mol. The van der Waals surface area contributed by atoms with Crippen molar-refractivity contribution in [3.8, 4) is 21.1 Å². The van der Waals surface area contributed by atoms with Crippen molar-refractivity contribution in [3.63, 3.8) is 0 Å². The second-order valence-corrected chi connectivity index (χ2v) is 6.43. The number of aryl methyl sites for hydroxylation is 1. The lowest BCUT2D eigenvalue weighted by atomic mass is 10.2. The minimum atomic E-state index is -0.786. The molecule has 1 N–H and O–H groups in total. The van der Waals surface area contributed by atoms with E-state index in [1.807, 2.05) is 29.6 Å². The number of carboxylic acid groups (broad SMARTS) is 1. The van der Waals surface area contributed by atoms with Gasteiger partial charge in [0.15, 0.2) is 0 Å². The number of carboxylic acids is 1. The highest BCUT2D eigenvalue weighted by atomic mass is 32.1. The molecule has 3 rings (SSSR count). The highest BCUT2D eigenvalue weighted by Crippen LogP contribution is 2.36. The van der Waals surface area contributed by atoms with Crippen molar-refractivity contribution in [3.05, 3.63) is 46.9 Å². The molecule has 3 aromatic rings. The van der Waals surface area contributed by atoms with Crippen molar-refractivity contribution in [1.29, 1.82) is 0 Å². The van der Waals surface area contributed by atoms with E-state index < -0.39 is 5.97 Å². The third kappa shape index (κ3) is 3.17. The molecule has 0 saturated carbocycles. The number of pyridine rings is 1. The van der Waals surface area contributed by atoms with Crippen molar-refractivity contribution in [2.24, 2.45) is 0 Å². The molecule has 4 nitrogen and oxygen atoms in total. The normalized spacial score (nSPS) is 10.7. The van der Waals surface area contributed by atoms with Crippen LogP contribution in [0.5, 0.6) is 0 Å². The molecule has 3 heterocycles. The molecule has 0 aliphatic rings. The van der Waals surface area contributed by atoms with Crippen molar-refractivity contribution >= 4 is 28.6 Å². The Balaban J connectivity index is 2.00. The zero-order valence-electron chi connectivity index (χ0n) is 11.0. The maximum absolute atomic E-state index is 10.8. The molecule has 0 amide bonds. The maximum Gasteiger partial charge on any atom is 0.303 e. The number of thiophene rings is 1. The van der Waals surface area contributed by atoms with Gasteiger partial charge in [-0.05, 0) is 30.0 Å². The summed E-state index contributed by atoms with van der Waals surface area (Å²) in [7, 11) is 0. The van der Waals surface area contributed by atoms with E-state index in [-0.39, 0.29) is 6.42 Å². The monoisotopic (exact) mass is 316 g/mol. The summed E-state index contributed by atoms with van der Waals surface area (Å²) >= 11 is 3.17. The molecule has 0 unspecified atom stereocenters. The van der Waals surface area contributed by atoms with Crippen LogP contribution >= 0.6 is 22.7 Å². The van der Waals surface area contributed by atoms with Crippen LogP contribution in [0, 0.1) is 0 Å². The number of hydrogen-bond donors (Lipinski definition) is 1. The molecule has 0 aromatic carbocycles. The third-order valence-corrected chi connectivity index (χ3v) is 4.99. The number of hydrogen-bond acceptors (Lipinski definition) is 5. The first-order chi connectivity index (χ1) is 10.2. The van der Waals surface area contributed by atoms with Gasteiger partial charge in [0, 0.05) is 22.8 Å². The van der Waals surface area contributed by atoms with E-state index in [4.69, 9.17) is 10.1 Å². The topological polar surface area (TPSA) is 63.1 Å². The largest absolute Gasteiger partial charge is 0.481 e. The molecule has 6 heteroatoms. The fourth-order valence-electron chi connectivity index (χ4n) is 1.97. The van der Waals surface area contributed by atoms with Gasteiger partial charge in [0.25, 0.3) is 0 Å². The van der Waals surface area contributed by atoms with E-state index >= 15 is 0 Å². The molecule has 21 heavy (non-hydrogen) atoms. The molecule has 106 valence electrons. The summed E-state index contributed by atoms with van der Waals surface area (Å²) in [5.74, 6) is -0.786. The molecule has 3 aromatic heterocycles. The Morgan fingerprint density at radius 3 is 2.71 bits per heavy atom. The average molecular weight is 316 g/mol. The maximum atomic E-state index is 10.8. The zero-order chi connectivity index (χ0) is 14.7. The van der Waals surface area contributed by atoms with Crippen LogP contribution in [0.4, 0.5) is 0 Å². The summed E-state index contributed by atoms with van der Waals surface area (Å²) in [6.07, 6.45) is 4.10. The lowest BCUT2D eigenvalue weighted by Crippen LogP contribution is -1.96. The summed E-state index contributed by atoms with van der Waals surface area (Å²) in [4.78, 5) is 21.6. The predicted octanol–water partition coefficient (Wildman–Crippen LogP) is 3.95. The first kappa shape index (κ1) is 13.9. The van der Waals surface area contributed by atoms with Crippen molar-refractivity contribution in [2.45, 2.75) is 12.8 Å². The molecular formula is C15H12N2O2S2. The SMILES string of the molecule is O=C(O)CCc1sc(-c2ccncc2)nc1-c1cccs1. The Kier molecular flexibility index (Phi) is 4.08. The van der Waals surface area contributed by atoms with E-state index in [1.165, 1.54) is 0 Å². The Morgan fingerprint density at radius 1 is 1.24 bits per heavy atom. The van der Waals surface area contributed by atoms with Crippen LogP contribution in [0.25, 0.3) is 21.1 Å². The fraction of sp³-hybridized carbons (Fsp3) is 0.133. The highest BCUT2D eigenvalue weighted by molar-refractivity contribution is 7.17. The van der Waals surface area contributed by atoms with Gasteiger partial charge in [-0.25, -0.2) is 4.98 Å². The zero-order valence-corrected chi connectivity index (χ0v) is 12.7. The molecule has 0 saturated heterocycles. The van der Waals surface area contributed by atoms with Crippen LogP contribution in [-0.2, 0) is 11.2 Å². The Labute approximate surface area is 129 Å². The standard InChI is InChI=1S/C15H12N2O2S2/c18-13(19)4-3-12-14(11-2-1-9-20-11)17-15(21-12)10-5-7-16-8-6-10/h1-2,5-9H,3-4H2,(H,18,19). The molecular weight excluding hydrogens is 304 g/mol. The summed E-state index contributed by atoms with van der Waals surface area (Å²) in [5.41, 5.74) is 1.91. The summed E-state index contributed by atoms with van der Waals surface area (Å²) in [6.45, 7) is 0. The molecule has 0 bridgehead atoms. The Morgan fingerprint density at radius 2 is 2.05 bits per heavy atom. The minimum absolute atomic E-state index is 0.121. The van der Waals surface area contributed by atoms with E-state index in [9.17, 15) is 4.79 Å². The first-order valence-corrected chi connectivity index (χ1v) is 8.09. The number of carbonyl (C=O) groups is 1. The van der Waals surface area contributed by atoms with E-state index in [1.54, 1.807) is 35.1 Å². The van der Waals surface area contributed by atoms with Crippen LogP contribution in [0.3, 0.4) is 0 Å². The number of rotatable bonds is 5. The summed E-state index contributed by atoms with van der Waals surface area (Å²) in [5, 5.41) is 11.8. The lowest BCUT2D eigenvalue weighted by Gasteiger charge is -1.97. The van der Waals surface area contributed by atoms with Gasteiger partial charge in [-0.1, -0.05) is 6.07 Å². The van der Waals surface area contributed by atoms with Crippen molar-refractivity contribution in [2.75, 3.05) is 0 Å². The molecule has 0 radical (unpaired) electrons. The van der Waals surface area contributed by atoms with Gasteiger partial charge >= 0.3 is 5.97 Å². The van der Waals surface area contributed by atoms with Crippen LogP contribution in [0.1, 0.15) is 11.3 Å². The van der Waals surface area contributed by atoms with Crippen LogP contribution in [0.2, 0.25) is 0 Å². The minimum Gasteiger partial charge on any atom is -0.481 e. The van der Waals surface area contributed by atoms with Crippen LogP contribution in [-0.4, -0.2) is 21.0 Å². The highest BCUT2D eigenvalue weighted by Gasteiger charge is 2.15. The van der Waals surface area contributed by atoms with Crippen molar-refractivity contribution < 1.29 is 9.90 Å². The van der Waals surface area contributed by atoms with Crippen LogP contribution in [0.15, 0.2) is 42.0 Å². The fourth-order valence-corrected chi connectivity index (χ4v) is 3.85. The quantitative estimate of drug-likeness (QED) is 0.774. The van der Waals surface area contributed by atoms with Gasteiger partial charge in [0.2, 0.25) is 0 Å². The number of nitrogens with zero attached hydrogens (tertiary/aromatic N) is 2. The molecule has 0 fully saturated rings. The average Bonchev–Trinajstić information content (AvgIpc) is 3.15. The third-order valence-electron chi connectivity index (χ3n) is 2.95. The van der Waals surface area contributed by atoms with E-state index in [0.29, 0.717) is 6.42 Å². The number of aromatic nitrogens is 2. The molecule has 0 spiro atoms. The van der Waals surface area contributed by atoms with Crippen molar-refractivity contribution in [1.82, 2.24) is 9.97 Å². The number of aliphatic carboxylic acids is 1. The molecule has 0 atom stereocenters. The Bertz CT molecular complexity index is 736. The van der Waals surface area contributed by atoms with E-state index in [2.05, 4.69) is 4.98 Å². The second-order valence-electron chi connectivity index (χ2n) is 4.40. The van der Waals surface area contributed by atoms with Gasteiger partial charge in [-0.15, -0.1) is 22.7 Å². The number of thiazole rings is 1. The molecule has 0 aliphatic heterocycles. The summed E-state index contributed by atoms with van der Waals surface area (Å²) < 4.78 is 0. The summed E-state index contributed by atoms with van der Waals surface area (Å²) in [6, 6.07) is 7.82. The second kappa shape index (κ2) is 6.15. The van der Waals surface area contributed by atoms with Gasteiger partial charge in [-0.2, -0.15) is 0 Å². The van der Waals surface area contributed by atoms with Gasteiger partial charge < -0.3 is 5.11 Å². The van der Waals surface area contributed by atoms with Gasteiger partial charge in [0.05, 0.1) is 17.0 Å². The lowest BCUT2D eigenvalue weighted by molar-refractivity contribution is -0.136. The van der Waals surface area contributed by atoms with Gasteiger partial charge in [-0.3, -0.25) is 9.78 Å². The van der Waals surface area contributed by atoms with Crippen LogP contribution < -0.4 is 0 Å². The van der Waals surface area contributed by atoms with E-state index in [0.717, 1.165) is 26.0 Å². The smallest absolute Gasteiger partial charge is 0.303 e. The Hall–Kier alpha value is -2.05. The molecule has 0 aliphatic carbocycles. The first-order valence-electron chi connectivity index (χ1n) is 6.40. The van der Waals surface area contributed by atoms with Gasteiger partial charge in [0.1, 0.15) is 5.01 Å².